The van der Waals surface area contributed by atoms with Gasteiger partial charge in [-0.3, -0.25) is 43.2 Å². The zero-order chi connectivity index (χ0) is 31.3. The second kappa shape index (κ2) is 23.6. The third-order valence-corrected chi connectivity index (χ3v) is 2.89. The summed E-state index contributed by atoms with van der Waals surface area (Å²) in [6.45, 7) is 10.1. The number of hydrogen-bond acceptors (Lipinski definition) is 18. The molecule has 0 atom stereocenters. The van der Waals surface area contributed by atoms with E-state index < -0.39 is 75.7 Å². The van der Waals surface area contributed by atoms with Crippen LogP contribution in [0.5, 0.6) is 0 Å². The maximum Gasteiger partial charge on any atom is 3.00 e. The van der Waals surface area contributed by atoms with E-state index >= 15 is 0 Å². The molecule has 0 saturated heterocycles. The molecule has 0 fully saturated rings. The van der Waals surface area contributed by atoms with Crippen LogP contribution in [0.3, 0.4) is 0 Å². The Balaban J connectivity index is -0.000000240. The second-order valence-corrected chi connectivity index (χ2v) is 6.78. The Morgan fingerprint density at radius 1 is 0.275 bits per heavy atom. The minimum atomic E-state index is -2.41. The Kier molecular flexibility index (Phi) is 25.1. The third kappa shape index (κ3) is 35.7. The van der Waals surface area contributed by atoms with Gasteiger partial charge in [-0.1, -0.05) is 0 Å². The van der Waals surface area contributed by atoms with E-state index in [-0.39, 0.29) is 8.41 Å². The van der Waals surface area contributed by atoms with E-state index in [0.717, 1.165) is 62.3 Å². The average molecular weight is 578 g/mol. The van der Waals surface area contributed by atoms with Crippen LogP contribution in [-0.2, 0) is 85.0 Å². The summed E-state index contributed by atoms with van der Waals surface area (Å²) in [7, 11) is -7.23. The monoisotopic (exact) mass is 578 g/mol. The molecule has 0 bridgehead atoms. The normalized spacial score (nSPS) is 9.00. The molecule has 18 nitrogen and oxygen atoms in total. The van der Waals surface area contributed by atoms with Gasteiger partial charge < -0.3 is 41.9 Å². The van der Waals surface area contributed by atoms with Gasteiger partial charge in [0.2, 0.25) is 0 Å². The summed E-state index contributed by atoms with van der Waals surface area (Å²) in [5.74, 6) is -6.10. The van der Waals surface area contributed by atoms with Crippen molar-refractivity contribution in [3.05, 3.63) is 0 Å². The van der Waals surface area contributed by atoms with Crippen LogP contribution in [0.25, 0.3) is 0 Å². The van der Waals surface area contributed by atoms with E-state index in [9.17, 15) is 43.2 Å². The fourth-order valence-corrected chi connectivity index (χ4v) is 1.76. The summed E-state index contributed by atoms with van der Waals surface area (Å²) in [4.78, 5) is 93.9. The van der Waals surface area contributed by atoms with E-state index in [1.807, 2.05) is 0 Å². The molecule has 0 heterocycles. The first-order chi connectivity index (χ1) is 17.7. The Hall–Kier alpha value is -4.51. The zero-order valence-electron chi connectivity index (χ0n) is 23.5. The minimum absolute atomic E-state index is 0. The molecule has 40 heavy (non-hydrogen) atoms. The average Bonchev–Trinajstić information content (AvgIpc) is 2.63. The molecule has 0 aromatic rings. The molecule has 0 aliphatic carbocycles. The molecule has 0 aromatic heterocycles. The van der Waals surface area contributed by atoms with Crippen molar-refractivity contribution in [2.45, 2.75) is 62.3 Å². The van der Waals surface area contributed by atoms with Gasteiger partial charge in [0.05, 0.1) is 0 Å². The first-order valence-corrected chi connectivity index (χ1v) is 10.8. The van der Waals surface area contributed by atoms with Gasteiger partial charge in [0.1, 0.15) is 0 Å². The topological polar surface area (TPSA) is 237 Å². The van der Waals surface area contributed by atoms with E-state index in [0.29, 0.717) is 0 Å². The fraction of sp³-hybridized carbons (Fsp3) is 0.500. The molecule has 0 aliphatic heterocycles. The predicted octanol–water partition coefficient (Wildman–Crippen LogP) is -2.20. The predicted molar refractivity (Wildman–Crippen MR) is 133 cm³/mol. The summed E-state index contributed by atoms with van der Waals surface area (Å²) in [5, 5.41) is 0. The van der Waals surface area contributed by atoms with Gasteiger partial charge in [-0.2, -0.15) is 0 Å². The number of carbonyl (C=O) groups excluding carboxylic acids is 9. The number of hydrogen-bond donors (Lipinski definition) is 0. The standard InChI is InChI=1S/3C6H10BO6.B/c3*1-4(8)11-7(12-5(2)9)13-6(3)10;/h3*7H,1-3H3;/q3*-1;+3. The minimum Gasteiger partial charge on any atom is -0.625 e. The Morgan fingerprint density at radius 2 is 0.350 bits per heavy atom. The van der Waals surface area contributed by atoms with Gasteiger partial charge in [-0.15, -0.1) is 0 Å². The summed E-state index contributed by atoms with van der Waals surface area (Å²) in [5.41, 5.74) is 0. The van der Waals surface area contributed by atoms with Crippen molar-refractivity contribution < 1.29 is 85.0 Å². The largest absolute Gasteiger partial charge is 3.00 e. The molecular formula is C18H30B4O18. The Morgan fingerprint density at radius 3 is 0.400 bits per heavy atom. The molecule has 22 heteroatoms. The van der Waals surface area contributed by atoms with Crippen LogP contribution in [0.15, 0.2) is 0 Å². The van der Waals surface area contributed by atoms with Crippen LogP contribution >= 0.6 is 0 Å². The summed E-state index contributed by atoms with van der Waals surface area (Å²) < 4.78 is 39.9. The van der Waals surface area contributed by atoms with Crippen LogP contribution < -0.4 is 0 Å². The molecule has 222 valence electrons. The molecule has 0 saturated carbocycles. The first-order valence-electron chi connectivity index (χ1n) is 10.8. The van der Waals surface area contributed by atoms with E-state index in [2.05, 4.69) is 41.9 Å². The Bertz CT molecular complexity index is 679. The molecule has 0 aliphatic rings. The van der Waals surface area contributed by atoms with Crippen molar-refractivity contribution in [1.82, 2.24) is 0 Å². The molecule has 0 aromatic carbocycles. The van der Waals surface area contributed by atoms with Crippen LogP contribution in [-0.4, -0.2) is 84.1 Å². The van der Waals surface area contributed by atoms with E-state index in [4.69, 9.17) is 0 Å². The second-order valence-electron chi connectivity index (χ2n) is 6.78. The van der Waals surface area contributed by atoms with Crippen molar-refractivity contribution in [3.8, 4) is 0 Å². The molecule has 0 spiro atoms. The fourth-order valence-electron chi connectivity index (χ4n) is 1.76. The van der Waals surface area contributed by atoms with Crippen LogP contribution in [0, 0.1) is 0 Å². The van der Waals surface area contributed by atoms with Crippen molar-refractivity contribution >= 4 is 84.1 Å². The van der Waals surface area contributed by atoms with Crippen molar-refractivity contribution in [1.29, 1.82) is 0 Å². The molecule has 0 rings (SSSR count). The molecule has 0 unspecified atom stereocenters. The van der Waals surface area contributed by atoms with Crippen LogP contribution in [0.1, 0.15) is 62.3 Å². The molecule has 0 radical (unpaired) electrons. The van der Waals surface area contributed by atoms with Gasteiger partial charge in [0.15, 0.2) is 0 Å². The Labute approximate surface area is 232 Å². The van der Waals surface area contributed by atoms with Gasteiger partial charge in [0.25, 0.3) is 53.7 Å². The summed E-state index contributed by atoms with van der Waals surface area (Å²) in [6, 6.07) is 0. The van der Waals surface area contributed by atoms with Gasteiger partial charge in [-0.25, -0.2) is 0 Å². The van der Waals surface area contributed by atoms with Crippen molar-refractivity contribution in [3.63, 3.8) is 0 Å². The van der Waals surface area contributed by atoms with Gasteiger partial charge >= 0.3 is 30.4 Å². The molecule has 0 amide bonds. The number of rotatable bonds is 9. The first kappa shape index (κ1) is 42.6. The summed E-state index contributed by atoms with van der Waals surface area (Å²) in [6.07, 6.45) is 0. The van der Waals surface area contributed by atoms with Crippen molar-refractivity contribution in [2.75, 3.05) is 0 Å². The van der Waals surface area contributed by atoms with E-state index in [1.165, 1.54) is 0 Å². The molecular weight excluding hydrogens is 547 g/mol. The summed E-state index contributed by atoms with van der Waals surface area (Å²) >= 11 is 0. The number of carbonyl (C=O) groups is 9. The smallest absolute Gasteiger partial charge is 0.625 e. The maximum atomic E-state index is 10.4. The van der Waals surface area contributed by atoms with Gasteiger partial charge in [0, 0.05) is 62.3 Å². The van der Waals surface area contributed by atoms with Crippen molar-refractivity contribution in [2.24, 2.45) is 0 Å². The van der Waals surface area contributed by atoms with Crippen LogP contribution in [0.2, 0.25) is 0 Å². The quantitative estimate of drug-likeness (QED) is 0.208. The SMILES string of the molecule is CC(=O)O[BH-](OC(C)=O)OC(C)=O.CC(=O)O[BH-](OC(C)=O)OC(C)=O.CC(=O)O[BH-](OC(C)=O)OC(C)=O.[B+3]. The molecule has 0 N–H and O–H groups in total. The maximum absolute atomic E-state index is 10.4. The van der Waals surface area contributed by atoms with Crippen LogP contribution in [0.4, 0.5) is 0 Å². The third-order valence-electron chi connectivity index (χ3n) is 2.89. The zero-order valence-corrected chi connectivity index (χ0v) is 23.5. The van der Waals surface area contributed by atoms with Gasteiger partial charge in [-0.05, 0) is 0 Å². The van der Waals surface area contributed by atoms with E-state index in [1.54, 1.807) is 0 Å².